The summed E-state index contributed by atoms with van der Waals surface area (Å²) in [5.74, 6) is -0.0661. The van der Waals surface area contributed by atoms with Crippen LogP contribution in [0, 0.1) is 0 Å². The molecule has 0 saturated carbocycles. The maximum Gasteiger partial charge on any atom is 0.238 e. The van der Waals surface area contributed by atoms with E-state index < -0.39 is 0 Å². The van der Waals surface area contributed by atoms with E-state index in [1.54, 1.807) is 18.2 Å². The Morgan fingerprint density at radius 2 is 1.91 bits per heavy atom. The number of carbonyl (C=O) groups is 1. The maximum atomic E-state index is 12.2. The highest BCUT2D eigenvalue weighted by atomic mass is 35.5. The lowest BCUT2D eigenvalue weighted by Gasteiger charge is -2.28. The molecule has 2 aromatic carbocycles. The first-order chi connectivity index (χ1) is 10.6. The molecule has 0 radical (unpaired) electrons. The topological polar surface area (TPSA) is 32.3 Å². The fourth-order valence-electron chi connectivity index (χ4n) is 2.67. The molecule has 0 fully saturated rings. The Kier molecular flexibility index (Phi) is 4.67. The smallest absolute Gasteiger partial charge is 0.238 e. The van der Waals surface area contributed by atoms with Crippen molar-refractivity contribution in [3.05, 3.63) is 63.6 Å². The van der Waals surface area contributed by atoms with E-state index in [9.17, 15) is 4.79 Å². The third kappa shape index (κ3) is 3.61. The number of hydrogen-bond donors (Lipinski definition) is 1. The molecule has 0 bridgehead atoms. The van der Waals surface area contributed by atoms with Crippen molar-refractivity contribution in [2.75, 3.05) is 18.4 Å². The lowest BCUT2D eigenvalue weighted by Crippen LogP contribution is -2.37. The average Bonchev–Trinajstić information content (AvgIpc) is 2.50. The summed E-state index contributed by atoms with van der Waals surface area (Å²) in [6.45, 7) is 2.05. The Balaban J connectivity index is 1.61. The summed E-state index contributed by atoms with van der Waals surface area (Å²) in [5, 5.41) is 3.84. The predicted molar refractivity (Wildman–Crippen MR) is 90.5 cm³/mol. The van der Waals surface area contributed by atoms with Crippen LogP contribution in [0.25, 0.3) is 0 Å². The van der Waals surface area contributed by atoms with Crippen molar-refractivity contribution in [1.82, 2.24) is 4.90 Å². The van der Waals surface area contributed by atoms with Gasteiger partial charge in [0.25, 0.3) is 0 Å². The highest BCUT2D eigenvalue weighted by molar-refractivity contribution is 6.36. The van der Waals surface area contributed by atoms with Gasteiger partial charge in [0, 0.05) is 18.1 Å². The van der Waals surface area contributed by atoms with Gasteiger partial charge in [-0.3, -0.25) is 9.69 Å². The first-order valence-electron chi connectivity index (χ1n) is 7.16. The van der Waals surface area contributed by atoms with E-state index in [2.05, 4.69) is 28.4 Å². The summed E-state index contributed by atoms with van der Waals surface area (Å²) in [6, 6.07) is 13.4. The van der Waals surface area contributed by atoms with Crippen LogP contribution in [0.2, 0.25) is 10.0 Å². The number of amides is 1. The average molecular weight is 335 g/mol. The molecule has 0 unspecified atom stereocenters. The van der Waals surface area contributed by atoms with E-state index in [0.29, 0.717) is 22.3 Å². The molecule has 1 aliphatic rings. The standard InChI is InChI=1S/C17H16Cl2N2O/c18-14-5-6-16(15(19)9-14)20-17(22)11-21-8-7-12-3-1-2-4-13(12)10-21/h1-6,9H,7-8,10-11H2,(H,20,22). The number of halogens is 2. The minimum atomic E-state index is -0.0661. The zero-order chi connectivity index (χ0) is 15.5. The summed E-state index contributed by atoms with van der Waals surface area (Å²) in [5.41, 5.74) is 3.26. The number of carbonyl (C=O) groups excluding carboxylic acids is 1. The molecule has 1 amide bonds. The van der Waals surface area contributed by atoms with Crippen LogP contribution in [0.3, 0.4) is 0 Å². The van der Waals surface area contributed by atoms with Crippen LogP contribution in [0.15, 0.2) is 42.5 Å². The van der Waals surface area contributed by atoms with E-state index in [4.69, 9.17) is 23.2 Å². The van der Waals surface area contributed by atoms with E-state index >= 15 is 0 Å². The van der Waals surface area contributed by atoms with E-state index in [-0.39, 0.29) is 5.91 Å². The summed E-state index contributed by atoms with van der Waals surface area (Å²) in [6.07, 6.45) is 0.977. The first kappa shape index (κ1) is 15.3. The minimum Gasteiger partial charge on any atom is -0.324 e. The molecular weight excluding hydrogens is 319 g/mol. The maximum absolute atomic E-state index is 12.2. The molecule has 0 spiro atoms. The molecular formula is C17H16Cl2N2O. The summed E-state index contributed by atoms with van der Waals surface area (Å²) in [4.78, 5) is 14.3. The highest BCUT2D eigenvalue weighted by Crippen LogP contribution is 2.25. The van der Waals surface area contributed by atoms with Crippen molar-refractivity contribution < 1.29 is 4.79 Å². The largest absolute Gasteiger partial charge is 0.324 e. The fraction of sp³-hybridized carbons (Fsp3) is 0.235. The van der Waals surface area contributed by atoms with Crippen LogP contribution < -0.4 is 5.32 Å². The van der Waals surface area contributed by atoms with Crippen LogP contribution in [-0.4, -0.2) is 23.9 Å². The van der Waals surface area contributed by atoms with Gasteiger partial charge in [0.15, 0.2) is 0 Å². The van der Waals surface area contributed by atoms with Gasteiger partial charge in [-0.15, -0.1) is 0 Å². The molecule has 1 heterocycles. The van der Waals surface area contributed by atoms with Gasteiger partial charge in [0.05, 0.1) is 17.3 Å². The number of hydrogen-bond acceptors (Lipinski definition) is 2. The molecule has 3 nitrogen and oxygen atoms in total. The van der Waals surface area contributed by atoms with Crippen LogP contribution in [0.5, 0.6) is 0 Å². The molecule has 5 heteroatoms. The van der Waals surface area contributed by atoms with Crippen molar-refractivity contribution in [3.63, 3.8) is 0 Å². The van der Waals surface area contributed by atoms with Gasteiger partial charge in [0.1, 0.15) is 0 Å². The van der Waals surface area contributed by atoms with Gasteiger partial charge in [-0.2, -0.15) is 0 Å². The molecule has 0 aromatic heterocycles. The molecule has 2 aromatic rings. The second-order valence-corrected chi connectivity index (χ2v) is 6.25. The van der Waals surface area contributed by atoms with Gasteiger partial charge in [-0.25, -0.2) is 0 Å². The number of fused-ring (bicyclic) bond motifs is 1. The molecule has 1 aliphatic heterocycles. The zero-order valence-corrected chi connectivity index (χ0v) is 13.5. The number of benzene rings is 2. The Morgan fingerprint density at radius 3 is 2.68 bits per heavy atom. The normalized spacial score (nSPS) is 14.5. The lowest BCUT2D eigenvalue weighted by atomic mass is 10.00. The van der Waals surface area contributed by atoms with E-state index in [0.717, 1.165) is 19.5 Å². The van der Waals surface area contributed by atoms with Crippen LogP contribution in [0.1, 0.15) is 11.1 Å². The fourth-order valence-corrected chi connectivity index (χ4v) is 3.13. The number of anilines is 1. The van der Waals surface area contributed by atoms with Crippen molar-refractivity contribution in [2.45, 2.75) is 13.0 Å². The molecule has 1 N–H and O–H groups in total. The van der Waals surface area contributed by atoms with Gasteiger partial charge in [0.2, 0.25) is 5.91 Å². The minimum absolute atomic E-state index is 0.0661. The van der Waals surface area contributed by atoms with Crippen LogP contribution in [0.4, 0.5) is 5.69 Å². The Labute approximate surface area is 139 Å². The summed E-state index contributed by atoms with van der Waals surface area (Å²) < 4.78 is 0. The van der Waals surface area contributed by atoms with Gasteiger partial charge >= 0.3 is 0 Å². The monoisotopic (exact) mass is 334 g/mol. The molecule has 22 heavy (non-hydrogen) atoms. The SMILES string of the molecule is O=C(CN1CCc2ccccc2C1)Nc1ccc(Cl)cc1Cl. The van der Waals surface area contributed by atoms with Gasteiger partial charge in [-0.1, -0.05) is 47.5 Å². The Morgan fingerprint density at radius 1 is 1.14 bits per heavy atom. The zero-order valence-electron chi connectivity index (χ0n) is 12.0. The van der Waals surface area contributed by atoms with Gasteiger partial charge in [-0.05, 0) is 35.7 Å². The van der Waals surface area contributed by atoms with Crippen molar-refractivity contribution >= 4 is 34.8 Å². The number of rotatable bonds is 3. The Hall–Kier alpha value is -1.55. The van der Waals surface area contributed by atoms with E-state index in [1.165, 1.54) is 11.1 Å². The van der Waals surface area contributed by atoms with Crippen molar-refractivity contribution in [1.29, 1.82) is 0 Å². The van der Waals surface area contributed by atoms with Gasteiger partial charge < -0.3 is 5.32 Å². The molecule has 0 saturated heterocycles. The predicted octanol–water partition coefficient (Wildman–Crippen LogP) is 3.99. The molecule has 114 valence electrons. The Bertz CT molecular complexity index is 703. The summed E-state index contributed by atoms with van der Waals surface area (Å²) >= 11 is 11.9. The van der Waals surface area contributed by atoms with Crippen molar-refractivity contribution in [2.24, 2.45) is 0 Å². The quantitative estimate of drug-likeness (QED) is 0.920. The third-order valence-corrected chi connectivity index (χ3v) is 4.33. The summed E-state index contributed by atoms with van der Waals surface area (Å²) in [7, 11) is 0. The number of nitrogens with zero attached hydrogens (tertiary/aromatic N) is 1. The molecule has 0 aliphatic carbocycles. The second-order valence-electron chi connectivity index (χ2n) is 5.40. The van der Waals surface area contributed by atoms with Crippen LogP contribution in [-0.2, 0) is 17.8 Å². The van der Waals surface area contributed by atoms with E-state index in [1.807, 2.05) is 6.07 Å². The third-order valence-electron chi connectivity index (χ3n) is 3.78. The number of nitrogens with one attached hydrogen (secondary N) is 1. The second kappa shape index (κ2) is 6.69. The molecule has 3 rings (SSSR count). The van der Waals surface area contributed by atoms with Crippen LogP contribution >= 0.6 is 23.2 Å². The highest BCUT2D eigenvalue weighted by Gasteiger charge is 2.18. The van der Waals surface area contributed by atoms with Crippen molar-refractivity contribution in [3.8, 4) is 0 Å². The first-order valence-corrected chi connectivity index (χ1v) is 7.91. The molecule has 0 atom stereocenters. The lowest BCUT2D eigenvalue weighted by molar-refractivity contribution is -0.117.